The van der Waals surface area contributed by atoms with Crippen molar-refractivity contribution < 1.29 is 19.1 Å². The minimum absolute atomic E-state index is 0.0916. The van der Waals surface area contributed by atoms with Crippen LogP contribution < -0.4 is 21.3 Å². The number of hydrogen-bond donors (Lipinski definition) is 4. The molecule has 0 aliphatic carbocycles. The zero-order chi connectivity index (χ0) is 31.1. The zero-order valence-electron chi connectivity index (χ0n) is 24.1. The highest BCUT2D eigenvalue weighted by Gasteiger charge is 2.18. The van der Waals surface area contributed by atoms with E-state index in [4.69, 9.17) is 4.74 Å². The third-order valence-corrected chi connectivity index (χ3v) is 6.66. The quantitative estimate of drug-likeness (QED) is 0.145. The van der Waals surface area contributed by atoms with Crippen LogP contribution in [0.1, 0.15) is 41.6 Å². The molecule has 222 valence electrons. The van der Waals surface area contributed by atoms with Crippen molar-refractivity contribution in [3.8, 4) is 11.3 Å². The molecule has 0 bridgehead atoms. The molecule has 0 spiro atoms. The van der Waals surface area contributed by atoms with Gasteiger partial charge in [-0.1, -0.05) is 18.2 Å². The lowest BCUT2D eigenvalue weighted by Crippen LogP contribution is -2.27. The first-order valence-corrected chi connectivity index (χ1v) is 14.4. The molecule has 2 aromatic carbocycles. The number of rotatable bonds is 8. The number of aromatic nitrogens is 3. The van der Waals surface area contributed by atoms with Crippen LogP contribution in [0.25, 0.3) is 11.3 Å². The van der Waals surface area contributed by atoms with Gasteiger partial charge in [-0.25, -0.2) is 9.78 Å². The molecule has 3 amide bonds. The predicted molar refractivity (Wildman–Crippen MR) is 172 cm³/mol. The highest BCUT2D eigenvalue weighted by molar-refractivity contribution is 7.14. The van der Waals surface area contributed by atoms with E-state index < -0.39 is 17.6 Å². The van der Waals surface area contributed by atoms with Gasteiger partial charge in [0, 0.05) is 40.9 Å². The minimum Gasteiger partial charge on any atom is -0.444 e. The Balaban J connectivity index is 1.19. The number of ether oxygens (including phenoxy) is 1. The van der Waals surface area contributed by atoms with Crippen LogP contribution >= 0.6 is 11.3 Å². The van der Waals surface area contributed by atoms with Crippen LogP contribution in [0.15, 0.2) is 96.8 Å². The van der Waals surface area contributed by atoms with E-state index in [1.165, 1.54) is 29.7 Å². The highest BCUT2D eigenvalue weighted by Crippen LogP contribution is 2.28. The summed E-state index contributed by atoms with van der Waals surface area (Å²) in [4.78, 5) is 50.9. The molecule has 11 nitrogen and oxygen atoms in total. The Hall–Kier alpha value is -5.62. The monoisotopic (exact) mass is 607 g/mol. The van der Waals surface area contributed by atoms with Crippen molar-refractivity contribution in [1.82, 2.24) is 15.0 Å². The Morgan fingerprint density at radius 2 is 1.57 bits per heavy atom. The summed E-state index contributed by atoms with van der Waals surface area (Å²) in [5.74, 6) is -0.898. The third-order valence-electron chi connectivity index (χ3n) is 5.90. The first kappa shape index (κ1) is 29.9. The van der Waals surface area contributed by atoms with Gasteiger partial charge in [-0.05, 0) is 75.4 Å². The van der Waals surface area contributed by atoms with Crippen molar-refractivity contribution in [3.63, 3.8) is 0 Å². The molecule has 3 aromatic heterocycles. The molecule has 12 heteroatoms. The third kappa shape index (κ3) is 8.01. The van der Waals surface area contributed by atoms with Gasteiger partial charge >= 0.3 is 6.09 Å². The van der Waals surface area contributed by atoms with Crippen molar-refractivity contribution in [2.45, 2.75) is 26.4 Å². The average Bonchev–Trinajstić information content (AvgIpc) is 3.46. The van der Waals surface area contributed by atoms with Gasteiger partial charge in [-0.2, -0.15) is 0 Å². The predicted octanol–water partition coefficient (Wildman–Crippen LogP) is 7.20. The van der Waals surface area contributed by atoms with Crippen LogP contribution in [-0.2, 0) is 4.74 Å². The number of carbonyl (C=O) groups is 3. The number of para-hydroxylation sites is 2. The number of carbonyl (C=O) groups excluding carboxylic acids is 3. The van der Waals surface area contributed by atoms with Gasteiger partial charge in [0.1, 0.15) is 11.3 Å². The van der Waals surface area contributed by atoms with E-state index in [1.807, 2.05) is 29.6 Å². The zero-order valence-corrected chi connectivity index (χ0v) is 24.9. The molecular weight excluding hydrogens is 578 g/mol. The first-order valence-electron chi connectivity index (χ1n) is 13.5. The van der Waals surface area contributed by atoms with Crippen molar-refractivity contribution in [1.29, 1.82) is 0 Å². The molecule has 4 N–H and O–H groups in total. The molecule has 0 unspecified atom stereocenters. The molecule has 0 saturated carbocycles. The molecule has 0 atom stereocenters. The lowest BCUT2D eigenvalue weighted by atomic mass is 10.2. The molecule has 0 saturated heterocycles. The maximum Gasteiger partial charge on any atom is 0.412 e. The van der Waals surface area contributed by atoms with E-state index in [9.17, 15) is 14.4 Å². The number of nitrogens with one attached hydrogen (secondary N) is 4. The van der Waals surface area contributed by atoms with Crippen LogP contribution in [0.4, 0.5) is 32.7 Å². The van der Waals surface area contributed by atoms with Crippen LogP contribution in [0.5, 0.6) is 0 Å². The number of hydrogen-bond acceptors (Lipinski definition) is 9. The summed E-state index contributed by atoms with van der Waals surface area (Å²) in [7, 11) is 0. The largest absolute Gasteiger partial charge is 0.444 e. The molecule has 0 aliphatic heterocycles. The number of pyridine rings is 2. The molecule has 3 heterocycles. The van der Waals surface area contributed by atoms with Crippen molar-refractivity contribution in [3.05, 3.63) is 108 Å². The van der Waals surface area contributed by atoms with Crippen molar-refractivity contribution in [2.75, 3.05) is 21.3 Å². The van der Waals surface area contributed by atoms with Gasteiger partial charge in [-0.15, -0.1) is 11.3 Å². The molecular formula is C32H29N7O4S. The smallest absolute Gasteiger partial charge is 0.412 e. The highest BCUT2D eigenvalue weighted by atomic mass is 32.1. The van der Waals surface area contributed by atoms with E-state index in [2.05, 4.69) is 36.2 Å². The van der Waals surface area contributed by atoms with Gasteiger partial charge in [0.05, 0.1) is 22.6 Å². The Morgan fingerprint density at radius 3 is 2.27 bits per heavy atom. The van der Waals surface area contributed by atoms with Crippen molar-refractivity contribution in [2.24, 2.45) is 0 Å². The van der Waals surface area contributed by atoms with E-state index >= 15 is 0 Å². The summed E-state index contributed by atoms with van der Waals surface area (Å²) in [5.41, 5.74) is 3.49. The molecule has 5 aromatic rings. The summed E-state index contributed by atoms with van der Waals surface area (Å²) >= 11 is 1.46. The lowest BCUT2D eigenvalue weighted by Gasteiger charge is -2.20. The number of nitrogens with zero attached hydrogens (tertiary/aromatic N) is 3. The van der Waals surface area contributed by atoms with Crippen LogP contribution in [0, 0.1) is 0 Å². The van der Waals surface area contributed by atoms with Crippen LogP contribution in [-0.4, -0.2) is 38.5 Å². The maximum absolute atomic E-state index is 12.9. The average molecular weight is 608 g/mol. The first-order chi connectivity index (χ1) is 21.1. The number of benzene rings is 2. The molecule has 0 radical (unpaired) electrons. The Kier molecular flexibility index (Phi) is 8.91. The SMILES string of the molecule is CC(C)(C)OC(=O)Nc1ccccc1NC(=O)c1ccc(C(=O)Nc2cccc(Nc3nc(-c4cccnc4)cs3)c2)cn1. The van der Waals surface area contributed by atoms with E-state index in [-0.39, 0.29) is 17.2 Å². The fourth-order valence-corrected chi connectivity index (χ4v) is 4.68. The lowest BCUT2D eigenvalue weighted by molar-refractivity contribution is 0.0635. The molecule has 44 heavy (non-hydrogen) atoms. The van der Waals surface area contributed by atoms with Crippen molar-refractivity contribution >= 4 is 57.1 Å². The summed E-state index contributed by atoms with van der Waals surface area (Å²) in [6, 6.07) is 20.7. The topological polar surface area (TPSA) is 147 Å². The summed E-state index contributed by atoms with van der Waals surface area (Å²) in [6.07, 6.45) is 4.15. The van der Waals surface area contributed by atoms with E-state index in [0.717, 1.165) is 16.9 Å². The Labute approximate surface area is 257 Å². The second kappa shape index (κ2) is 13.1. The normalized spacial score (nSPS) is 10.9. The standard InChI is InChI=1S/C32H29N7O4S/c1-32(2,3)43-31(42)39-25-12-5-4-11-24(25)37-29(41)26-14-13-21(18-34-26)28(40)35-22-9-6-10-23(16-22)36-30-38-27(19-44-30)20-8-7-15-33-17-20/h4-19H,1-3H3,(H,35,40)(H,36,38)(H,37,41)(H,39,42). The second-order valence-electron chi connectivity index (χ2n) is 10.5. The van der Waals surface area contributed by atoms with Gasteiger partial charge in [-0.3, -0.25) is 24.9 Å². The van der Waals surface area contributed by atoms with Gasteiger partial charge in [0.15, 0.2) is 5.13 Å². The minimum atomic E-state index is -0.674. The number of amides is 3. The van der Waals surface area contributed by atoms with E-state index in [1.54, 1.807) is 69.6 Å². The summed E-state index contributed by atoms with van der Waals surface area (Å²) in [5, 5.41) is 14.1. The van der Waals surface area contributed by atoms with Gasteiger partial charge in [0.25, 0.3) is 11.8 Å². The Morgan fingerprint density at radius 1 is 0.795 bits per heavy atom. The molecule has 5 rings (SSSR count). The van der Waals surface area contributed by atoms with E-state index in [0.29, 0.717) is 22.2 Å². The second-order valence-corrected chi connectivity index (χ2v) is 11.4. The Bertz CT molecular complexity index is 1780. The van der Waals surface area contributed by atoms with Gasteiger partial charge < -0.3 is 20.7 Å². The summed E-state index contributed by atoms with van der Waals surface area (Å²) < 4.78 is 5.29. The van der Waals surface area contributed by atoms with Gasteiger partial charge in [0.2, 0.25) is 0 Å². The maximum atomic E-state index is 12.9. The molecule has 0 fully saturated rings. The van der Waals surface area contributed by atoms with Crippen LogP contribution in [0.3, 0.4) is 0 Å². The fourth-order valence-electron chi connectivity index (χ4n) is 3.94. The molecule has 0 aliphatic rings. The van der Waals surface area contributed by atoms with Crippen LogP contribution in [0.2, 0.25) is 0 Å². The fraction of sp³-hybridized carbons (Fsp3) is 0.125. The number of anilines is 5. The summed E-state index contributed by atoms with van der Waals surface area (Å²) in [6.45, 7) is 5.27. The number of thiazole rings is 1.